The lowest BCUT2D eigenvalue weighted by Crippen LogP contribution is -2.57. The molecule has 0 aliphatic rings. The predicted molar refractivity (Wildman–Crippen MR) is 366 cm³/mol. The fourth-order valence-corrected chi connectivity index (χ4v) is 12.1. The maximum Gasteiger partial charge on any atom is 0.334 e. The molecule has 90 heavy (non-hydrogen) atoms. The number of aliphatic hydroxyl groups is 8. The number of hydrogen-bond acceptors (Lipinski definition) is 18. The Kier molecular flexibility index (Phi) is 30.4. The summed E-state index contributed by atoms with van der Waals surface area (Å²) < 4.78 is 7.20. The summed E-state index contributed by atoms with van der Waals surface area (Å²) in [6.45, 7) is 51.6. The van der Waals surface area contributed by atoms with Crippen LogP contribution in [0.2, 0.25) is 0 Å². The number of benzene rings is 4. The molecule has 516 valence electrons. The maximum absolute atomic E-state index is 13.7. The molecule has 0 spiro atoms. The van der Waals surface area contributed by atoms with E-state index in [1.54, 1.807) is 0 Å². The summed E-state index contributed by atoms with van der Waals surface area (Å²) in [7, 11) is -10.4. The van der Waals surface area contributed by atoms with E-state index in [1.165, 1.54) is 0 Å². The van der Waals surface area contributed by atoms with Gasteiger partial charge in [0.2, 0.25) is 0 Å². The summed E-state index contributed by atoms with van der Waals surface area (Å²) in [5.41, 5.74) is 3.01. The Morgan fingerprint density at radius 3 is 0.633 bits per heavy atom. The van der Waals surface area contributed by atoms with Gasteiger partial charge in [0.1, 0.15) is 11.2 Å². The number of rotatable bonds is 16. The van der Waals surface area contributed by atoms with Gasteiger partial charge in [0.15, 0.2) is 0 Å². The zero-order valence-electron chi connectivity index (χ0n) is 58.8. The summed E-state index contributed by atoms with van der Waals surface area (Å²) in [6, 6.07) is 20.7. The van der Waals surface area contributed by atoms with E-state index < -0.39 is 96.1 Å². The summed E-state index contributed by atoms with van der Waals surface area (Å²) in [6.07, 6.45) is 0. The Morgan fingerprint density at radius 1 is 0.278 bits per heavy atom. The lowest BCUT2D eigenvalue weighted by molar-refractivity contribution is -0.138. The molecule has 4 aromatic rings. The van der Waals surface area contributed by atoms with Crippen molar-refractivity contribution in [1.29, 1.82) is 0 Å². The first-order chi connectivity index (χ1) is 40.3. The summed E-state index contributed by atoms with van der Waals surface area (Å²) >= 11 is 0. The van der Waals surface area contributed by atoms with E-state index >= 15 is 0 Å². The van der Waals surface area contributed by atoms with Crippen molar-refractivity contribution in [3.63, 3.8) is 0 Å². The van der Waals surface area contributed by atoms with Gasteiger partial charge < -0.3 is 80.0 Å². The highest BCUT2D eigenvalue weighted by atomic mass is 31.2. The van der Waals surface area contributed by atoms with Gasteiger partial charge in [-0.05, 0) is 124 Å². The van der Waals surface area contributed by atoms with E-state index in [4.69, 9.17) is 39.1 Å². The Balaban J connectivity index is 0.000000741. The van der Waals surface area contributed by atoms with Crippen LogP contribution < -0.4 is 0 Å². The van der Waals surface area contributed by atoms with Crippen molar-refractivity contribution in [2.45, 2.75) is 235 Å². The van der Waals surface area contributed by atoms with Gasteiger partial charge >= 0.3 is 34.4 Å². The van der Waals surface area contributed by atoms with Gasteiger partial charge in [0.05, 0.1) is 50.5 Å². The molecular weight excluding hydrogens is 1230 g/mol. The molecule has 4 rings (SSSR count). The van der Waals surface area contributed by atoms with Crippen molar-refractivity contribution in [2.24, 2.45) is 10.8 Å². The van der Waals surface area contributed by atoms with Crippen LogP contribution in [0.1, 0.15) is 244 Å². The topological polar surface area (TPSA) is 342 Å². The van der Waals surface area contributed by atoms with Crippen LogP contribution in [0.3, 0.4) is 0 Å². The molecular formula is C68H116O18P4. The van der Waals surface area contributed by atoms with E-state index in [-0.39, 0.29) is 43.3 Å². The first kappa shape index (κ1) is 85.9. The van der Waals surface area contributed by atoms with Gasteiger partial charge in [-0.1, -0.05) is 238 Å². The molecule has 0 saturated carbocycles. The molecule has 4 aromatic carbocycles. The van der Waals surface area contributed by atoms with Crippen LogP contribution in [0.15, 0.2) is 60.7 Å². The number of aliphatic hydroxyl groups excluding tert-OH is 6. The minimum Gasteiger partial charge on any atom is -0.395 e. The summed E-state index contributed by atoms with van der Waals surface area (Å²) in [4.78, 5) is 62.5. The van der Waals surface area contributed by atoms with Gasteiger partial charge in [-0.25, -0.2) is 8.62 Å². The highest BCUT2D eigenvalue weighted by Crippen LogP contribution is 2.57. The average molecular weight is 1350 g/mol. The molecule has 22 heteroatoms. The van der Waals surface area contributed by atoms with Crippen LogP contribution in [-0.2, 0) is 63.1 Å². The Hall–Kier alpha value is -2.12. The van der Waals surface area contributed by atoms with E-state index in [1.807, 2.05) is 24.3 Å². The van der Waals surface area contributed by atoms with Crippen LogP contribution >= 0.6 is 34.4 Å². The first-order valence-corrected chi connectivity index (χ1v) is 34.7. The molecule has 18 nitrogen and oxygen atoms in total. The lowest BCUT2D eigenvalue weighted by atomic mass is 9.56. The van der Waals surface area contributed by atoms with E-state index in [2.05, 4.69) is 225 Å². The van der Waals surface area contributed by atoms with Crippen LogP contribution in [0, 0.1) is 24.7 Å². The highest BCUT2D eigenvalue weighted by molar-refractivity contribution is 7.53. The second-order valence-electron chi connectivity index (χ2n) is 32.1. The largest absolute Gasteiger partial charge is 0.395 e. The average Bonchev–Trinajstić information content (AvgIpc) is 0.708. The van der Waals surface area contributed by atoms with Crippen molar-refractivity contribution < 1.29 is 88.6 Å². The second kappa shape index (κ2) is 31.8. The summed E-state index contributed by atoms with van der Waals surface area (Å²) in [5, 5.41) is 92.0. The smallest absolute Gasteiger partial charge is 0.334 e. The minimum absolute atomic E-state index is 0.108. The Labute approximate surface area is 544 Å². The third-order valence-corrected chi connectivity index (χ3v) is 18.7. The molecule has 0 radical (unpaired) electrons. The number of aryl methyl sites for hydroxylation is 2. The highest BCUT2D eigenvalue weighted by Gasteiger charge is 2.59. The van der Waals surface area contributed by atoms with Gasteiger partial charge in [-0.15, -0.1) is 0 Å². The van der Waals surface area contributed by atoms with Gasteiger partial charge in [-0.3, -0.25) is 0 Å². The van der Waals surface area contributed by atoms with Crippen LogP contribution in [-0.4, -0.2) is 120 Å². The van der Waals surface area contributed by atoms with Crippen LogP contribution in [0.4, 0.5) is 0 Å². The van der Waals surface area contributed by atoms with E-state index in [0.29, 0.717) is 22.3 Å². The monoisotopic (exact) mass is 1340 g/mol. The van der Waals surface area contributed by atoms with Crippen molar-refractivity contribution in [1.82, 2.24) is 0 Å². The molecule has 0 amide bonds. The molecule has 0 unspecified atom stereocenters. The maximum atomic E-state index is 13.7. The van der Waals surface area contributed by atoms with Gasteiger partial charge in [-0.2, -0.15) is 0 Å². The normalized spacial score (nSPS) is 13.8. The van der Waals surface area contributed by atoms with Crippen LogP contribution in [0.25, 0.3) is 0 Å². The second-order valence-corrected chi connectivity index (χ2v) is 35.4. The quantitative estimate of drug-likeness (QED) is 0.0463. The molecule has 16 N–H and O–H groups in total. The molecule has 0 aliphatic heterocycles. The van der Waals surface area contributed by atoms with Crippen molar-refractivity contribution in [3.8, 4) is 0 Å². The molecule has 0 bridgehead atoms. The van der Waals surface area contributed by atoms with E-state index in [0.717, 1.165) is 55.6 Å². The van der Waals surface area contributed by atoms with Gasteiger partial charge in [0, 0.05) is 0 Å². The van der Waals surface area contributed by atoms with Crippen molar-refractivity contribution in [3.05, 3.63) is 139 Å². The fraction of sp³-hybridized carbons (Fsp3) is 0.647. The molecule has 0 heterocycles. The van der Waals surface area contributed by atoms with E-state index in [9.17, 15) is 40.9 Å². The molecule has 0 atom stereocenters. The first-order valence-electron chi connectivity index (χ1n) is 30.1. The molecule has 0 fully saturated rings. The zero-order valence-corrected chi connectivity index (χ0v) is 62.4. The number of hydrogen-bond donors (Lipinski definition) is 16. The Bertz CT molecular complexity index is 2650. The molecule has 0 aromatic heterocycles. The van der Waals surface area contributed by atoms with Crippen molar-refractivity contribution in [2.75, 3.05) is 39.6 Å². The Morgan fingerprint density at radius 2 is 0.478 bits per heavy atom. The van der Waals surface area contributed by atoms with Crippen LogP contribution in [0.5, 0.6) is 0 Å². The zero-order chi connectivity index (χ0) is 71.1. The standard InChI is InChI=1S/C35H56O4.C33H52O4.2H4O5P2/c1-22-15-24(30(3,4)5)28(25(16-22)31(6,7)8)35(39,34(19-36,20-37)21-38)29-26(32(9,10)11)17-23(2)18-27(29)33(12,13)14;1-28(2,3)22-13-15-24(26(17-22)30(7,8)9)33(37,32(19-34,20-35)21-36)25-16-14-23(29(4,5)6)18-27(25)31(10,11)12;2*1-6(2)5-7(3)4/h15-18,36-39H,19-21H2,1-14H3;13-18,34-37H,19-21H2,1-12H3;2*1-4H. The third-order valence-electron chi connectivity index (χ3n) is 16.3. The third kappa shape index (κ3) is 20.9. The molecule has 0 aliphatic carbocycles. The summed E-state index contributed by atoms with van der Waals surface area (Å²) in [5.74, 6) is 0. The molecule has 0 saturated heterocycles. The minimum atomic E-state index is -2.61. The fourth-order valence-electron chi connectivity index (χ4n) is 11.1. The SMILES string of the molecule is CC(C)(C)c1ccc(C(O)(c2ccc(C(C)(C)C)cc2C(C)(C)C)C(CO)(CO)CO)c(C(C)(C)C)c1.Cc1cc(C(C)(C)C)c(C(O)(c2c(C(C)(C)C)cc(C)cc2C(C)(C)C)C(CO)(CO)CO)c(C(C)(C)C)c1.OP(O)OP(O)O.OP(O)OP(O)O. The lowest BCUT2D eigenvalue weighted by Gasteiger charge is -2.52. The van der Waals surface area contributed by atoms with Crippen molar-refractivity contribution >= 4 is 34.4 Å². The van der Waals surface area contributed by atoms with Gasteiger partial charge in [0.25, 0.3) is 0 Å². The predicted octanol–water partition coefficient (Wildman–Crippen LogP) is 11.6.